The van der Waals surface area contributed by atoms with Gasteiger partial charge in [-0.25, -0.2) is 9.80 Å². The van der Waals surface area contributed by atoms with E-state index in [1.807, 2.05) is 12.1 Å². The molecule has 0 aromatic heterocycles. The molecule has 28 heavy (non-hydrogen) atoms. The molecule has 2 aromatic rings. The SMILES string of the molecule is C=CC(=O)Oc1cccc(N(C=O)N=CC2=C(C)c3ccccc3C2(C)C)c1. The predicted octanol–water partition coefficient (Wildman–Crippen LogP) is 4.49. The zero-order valence-corrected chi connectivity index (χ0v) is 16.2. The minimum atomic E-state index is -0.565. The van der Waals surface area contributed by atoms with Crippen LogP contribution < -0.4 is 9.75 Å². The molecule has 0 radical (unpaired) electrons. The van der Waals surface area contributed by atoms with Crippen molar-refractivity contribution in [2.75, 3.05) is 5.01 Å². The van der Waals surface area contributed by atoms with Crippen molar-refractivity contribution in [2.45, 2.75) is 26.2 Å². The summed E-state index contributed by atoms with van der Waals surface area (Å²) >= 11 is 0. The van der Waals surface area contributed by atoms with Crippen LogP contribution in [0.5, 0.6) is 5.75 Å². The minimum absolute atomic E-state index is 0.208. The Bertz CT molecular complexity index is 1000. The van der Waals surface area contributed by atoms with Crippen molar-refractivity contribution in [2.24, 2.45) is 5.10 Å². The maximum Gasteiger partial charge on any atom is 0.335 e. The van der Waals surface area contributed by atoms with E-state index in [1.54, 1.807) is 30.5 Å². The van der Waals surface area contributed by atoms with Gasteiger partial charge in [0.05, 0.1) is 11.9 Å². The van der Waals surface area contributed by atoms with Crippen LogP contribution in [-0.2, 0) is 15.0 Å². The second-order valence-electron chi connectivity index (χ2n) is 7.03. The standard InChI is InChI=1S/C23H22N2O3/c1-5-22(27)28-18-10-8-9-17(13-18)25(15-26)24-14-21-16(2)19-11-6-7-12-20(19)23(21,3)4/h5-15H,1H2,2-4H3. The van der Waals surface area contributed by atoms with Gasteiger partial charge in [0.1, 0.15) is 5.75 Å². The normalized spacial score (nSPS) is 14.7. The Balaban J connectivity index is 1.90. The Hall–Kier alpha value is -3.47. The highest BCUT2D eigenvalue weighted by Gasteiger charge is 2.34. The van der Waals surface area contributed by atoms with E-state index in [9.17, 15) is 9.59 Å². The zero-order chi connectivity index (χ0) is 20.3. The van der Waals surface area contributed by atoms with Gasteiger partial charge in [0.2, 0.25) is 6.41 Å². The Morgan fingerprint density at radius 1 is 1.18 bits per heavy atom. The predicted molar refractivity (Wildman–Crippen MR) is 111 cm³/mol. The van der Waals surface area contributed by atoms with Gasteiger partial charge in [0.25, 0.3) is 0 Å². The molecular formula is C23H22N2O3. The number of nitrogens with zero attached hydrogens (tertiary/aromatic N) is 2. The van der Waals surface area contributed by atoms with Crippen LogP contribution in [0, 0.1) is 0 Å². The monoisotopic (exact) mass is 374 g/mol. The van der Waals surface area contributed by atoms with E-state index in [2.05, 4.69) is 44.6 Å². The number of allylic oxidation sites excluding steroid dienone is 2. The van der Waals surface area contributed by atoms with E-state index in [-0.39, 0.29) is 5.41 Å². The molecule has 0 spiro atoms. The molecule has 0 N–H and O–H groups in total. The van der Waals surface area contributed by atoms with E-state index >= 15 is 0 Å². The highest BCUT2D eigenvalue weighted by molar-refractivity contribution is 5.99. The van der Waals surface area contributed by atoms with Gasteiger partial charge in [-0.2, -0.15) is 5.10 Å². The highest BCUT2D eigenvalue weighted by atomic mass is 16.5. The molecule has 0 saturated carbocycles. The lowest BCUT2D eigenvalue weighted by Crippen LogP contribution is -2.20. The van der Waals surface area contributed by atoms with E-state index < -0.39 is 5.97 Å². The minimum Gasteiger partial charge on any atom is -0.423 e. The van der Waals surface area contributed by atoms with Crippen molar-refractivity contribution in [3.63, 3.8) is 0 Å². The van der Waals surface area contributed by atoms with Crippen molar-refractivity contribution >= 4 is 29.9 Å². The molecule has 3 rings (SSSR count). The third-order valence-corrected chi connectivity index (χ3v) is 4.96. The number of esters is 1. The number of amides is 1. The van der Waals surface area contributed by atoms with Gasteiger partial charge in [-0.3, -0.25) is 4.79 Å². The third kappa shape index (κ3) is 3.51. The van der Waals surface area contributed by atoms with E-state index in [0.717, 1.165) is 17.2 Å². The molecule has 142 valence electrons. The van der Waals surface area contributed by atoms with Gasteiger partial charge in [-0.1, -0.05) is 50.8 Å². The van der Waals surface area contributed by atoms with Crippen LogP contribution >= 0.6 is 0 Å². The molecular weight excluding hydrogens is 352 g/mol. The fraction of sp³-hybridized carbons (Fsp3) is 0.174. The van der Waals surface area contributed by atoms with Crippen LogP contribution in [-0.4, -0.2) is 18.6 Å². The van der Waals surface area contributed by atoms with Gasteiger partial charge in [-0.05, 0) is 41.3 Å². The summed E-state index contributed by atoms with van der Waals surface area (Å²) in [6.45, 7) is 9.72. The molecule has 0 saturated heterocycles. The molecule has 0 bridgehead atoms. The summed E-state index contributed by atoms with van der Waals surface area (Å²) in [6, 6.07) is 14.9. The number of hydrazone groups is 1. The first-order valence-corrected chi connectivity index (χ1v) is 8.92. The Morgan fingerprint density at radius 3 is 2.61 bits per heavy atom. The number of carbonyl (C=O) groups is 2. The van der Waals surface area contributed by atoms with E-state index in [1.165, 1.54) is 16.1 Å². The van der Waals surface area contributed by atoms with Gasteiger partial charge in [0.15, 0.2) is 0 Å². The first-order valence-electron chi connectivity index (χ1n) is 8.92. The van der Waals surface area contributed by atoms with E-state index in [0.29, 0.717) is 17.8 Å². The number of hydrogen-bond donors (Lipinski definition) is 0. The summed E-state index contributed by atoms with van der Waals surface area (Å²) in [5.41, 5.74) is 4.92. The molecule has 0 fully saturated rings. The molecule has 5 nitrogen and oxygen atoms in total. The fourth-order valence-electron chi connectivity index (χ4n) is 3.49. The van der Waals surface area contributed by atoms with Gasteiger partial charge >= 0.3 is 5.97 Å². The lowest BCUT2D eigenvalue weighted by atomic mass is 9.82. The van der Waals surface area contributed by atoms with Crippen LogP contribution in [0.15, 0.2) is 71.9 Å². The fourth-order valence-corrected chi connectivity index (χ4v) is 3.49. The number of fused-ring (bicyclic) bond motifs is 1. The maximum absolute atomic E-state index is 11.6. The van der Waals surface area contributed by atoms with Crippen LogP contribution in [0.3, 0.4) is 0 Å². The van der Waals surface area contributed by atoms with E-state index in [4.69, 9.17) is 4.74 Å². The second-order valence-corrected chi connectivity index (χ2v) is 7.03. The number of carbonyl (C=O) groups excluding carboxylic acids is 2. The topological polar surface area (TPSA) is 59.0 Å². The zero-order valence-electron chi connectivity index (χ0n) is 16.2. The van der Waals surface area contributed by atoms with Crippen molar-refractivity contribution in [3.05, 3.63) is 77.9 Å². The summed E-state index contributed by atoms with van der Waals surface area (Å²) in [5.74, 6) is -0.252. The van der Waals surface area contributed by atoms with Crippen LogP contribution in [0.25, 0.3) is 5.57 Å². The van der Waals surface area contributed by atoms with Crippen molar-refractivity contribution in [3.8, 4) is 5.75 Å². The molecule has 0 heterocycles. The largest absolute Gasteiger partial charge is 0.423 e. The number of ether oxygens (including phenoxy) is 1. The molecule has 0 unspecified atom stereocenters. The number of anilines is 1. The highest BCUT2D eigenvalue weighted by Crippen LogP contribution is 2.45. The molecule has 0 aliphatic heterocycles. The molecule has 1 aliphatic rings. The summed E-state index contributed by atoms with van der Waals surface area (Å²) < 4.78 is 5.11. The lowest BCUT2D eigenvalue weighted by Gasteiger charge is -2.22. The molecule has 1 aliphatic carbocycles. The van der Waals surface area contributed by atoms with Crippen LogP contribution in [0.4, 0.5) is 5.69 Å². The second kappa shape index (κ2) is 7.64. The Morgan fingerprint density at radius 2 is 1.93 bits per heavy atom. The first kappa shape index (κ1) is 19.3. The van der Waals surface area contributed by atoms with Gasteiger partial charge in [-0.15, -0.1) is 0 Å². The molecule has 2 aromatic carbocycles. The van der Waals surface area contributed by atoms with Crippen LogP contribution in [0.1, 0.15) is 31.9 Å². The average Bonchev–Trinajstić information content (AvgIpc) is 2.89. The first-order chi connectivity index (χ1) is 13.4. The summed E-state index contributed by atoms with van der Waals surface area (Å²) in [6.07, 6.45) is 3.43. The summed E-state index contributed by atoms with van der Waals surface area (Å²) in [7, 11) is 0. The smallest absolute Gasteiger partial charge is 0.335 e. The number of rotatable bonds is 6. The maximum atomic E-state index is 11.6. The third-order valence-electron chi connectivity index (χ3n) is 4.96. The summed E-state index contributed by atoms with van der Waals surface area (Å²) in [5, 5.41) is 5.60. The number of benzene rings is 2. The van der Waals surface area contributed by atoms with Crippen molar-refractivity contribution in [1.82, 2.24) is 0 Å². The molecule has 0 atom stereocenters. The molecule has 5 heteroatoms. The van der Waals surface area contributed by atoms with Crippen molar-refractivity contribution < 1.29 is 14.3 Å². The summed E-state index contributed by atoms with van der Waals surface area (Å²) in [4.78, 5) is 23.0. The Kier molecular flexibility index (Phi) is 5.27. The quantitative estimate of drug-likeness (QED) is 0.187. The average molecular weight is 374 g/mol. The molecule has 1 amide bonds. The number of hydrogen-bond acceptors (Lipinski definition) is 4. The van der Waals surface area contributed by atoms with Gasteiger partial charge in [0, 0.05) is 17.6 Å². The van der Waals surface area contributed by atoms with Crippen molar-refractivity contribution in [1.29, 1.82) is 0 Å². The van der Waals surface area contributed by atoms with Crippen LogP contribution in [0.2, 0.25) is 0 Å². The Labute approximate surface area is 164 Å². The van der Waals surface area contributed by atoms with Gasteiger partial charge < -0.3 is 4.74 Å². The lowest BCUT2D eigenvalue weighted by molar-refractivity contribution is -0.128.